The van der Waals surface area contributed by atoms with Crippen molar-refractivity contribution in [3.05, 3.63) is 58.4 Å². The smallest absolute Gasteiger partial charge is 0.315 e. The summed E-state index contributed by atoms with van der Waals surface area (Å²) in [5.41, 5.74) is 4.54. The fourth-order valence-corrected chi connectivity index (χ4v) is 7.62. The van der Waals surface area contributed by atoms with Crippen LogP contribution in [0, 0.1) is 17.8 Å². The number of likely N-dealkylation sites (N-methyl/N-ethyl adjacent to an activating group) is 1. The summed E-state index contributed by atoms with van der Waals surface area (Å²) in [6.45, 7) is 7.99. The van der Waals surface area contributed by atoms with Crippen molar-refractivity contribution >= 4 is 23.5 Å². The van der Waals surface area contributed by atoms with Crippen molar-refractivity contribution in [3.8, 4) is 22.6 Å². The lowest BCUT2D eigenvalue weighted by Crippen LogP contribution is -2.71. The van der Waals surface area contributed by atoms with Gasteiger partial charge in [0.05, 0.1) is 18.3 Å². The van der Waals surface area contributed by atoms with E-state index in [2.05, 4.69) is 10.6 Å². The van der Waals surface area contributed by atoms with E-state index in [4.69, 9.17) is 10.5 Å². The summed E-state index contributed by atoms with van der Waals surface area (Å²) in [7, 11) is 3.22. The molecule has 3 amide bonds. The predicted molar refractivity (Wildman–Crippen MR) is 175 cm³/mol. The summed E-state index contributed by atoms with van der Waals surface area (Å²) in [4.78, 5) is 54.1. The van der Waals surface area contributed by atoms with Crippen molar-refractivity contribution < 1.29 is 44.3 Å². The van der Waals surface area contributed by atoms with Crippen LogP contribution in [0.5, 0.6) is 11.5 Å². The zero-order valence-electron chi connectivity index (χ0n) is 28.0. The molecule has 0 saturated heterocycles. The lowest BCUT2D eigenvalue weighted by Gasteiger charge is -2.53. The standard InChI is InChI=1S/C35H44N4O9/c1-7-48-23-11-8-16(12-18(23)15-37-33(46)38-34(2,3)4)19-9-10-22(40)25-20(19)13-17-14-21-27(39(5)6)29(42)26(32(36)45)31(44)35(21,47)30(43)24(17)28(25)41/h8-12,17,21,26-27,29,40,42-43,47H,7,13-15H2,1-6H3,(H2,36,45)(H2,37,38,46)/t17-,21-,26?,27?,29?,35-/m0/s1. The number of hydrogen-bond donors (Lipinski definition) is 7. The molecule has 0 heterocycles. The van der Waals surface area contributed by atoms with Gasteiger partial charge in [-0.15, -0.1) is 0 Å². The van der Waals surface area contributed by atoms with Gasteiger partial charge in [0.25, 0.3) is 0 Å². The number of hydrogen-bond acceptors (Lipinski definition) is 10. The number of aliphatic hydroxyl groups excluding tert-OH is 2. The van der Waals surface area contributed by atoms with Crippen LogP contribution < -0.4 is 21.1 Å². The maximum absolute atomic E-state index is 14.2. The van der Waals surface area contributed by atoms with Gasteiger partial charge in [0, 0.05) is 35.2 Å². The minimum absolute atomic E-state index is 0.00857. The van der Waals surface area contributed by atoms with Gasteiger partial charge in [-0.2, -0.15) is 0 Å². The second-order valence-corrected chi connectivity index (χ2v) is 14.1. The van der Waals surface area contributed by atoms with Crippen molar-refractivity contribution in [2.24, 2.45) is 23.5 Å². The minimum Gasteiger partial charge on any atom is -0.508 e. The summed E-state index contributed by atoms with van der Waals surface area (Å²) in [6.07, 6.45) is -1.40. The van der Waals surface area contributed by atoms with Gasteiger partial charge < -0.3 is 46.4 Å². The Hall–Kier alpha value is -4.46. The third-order valence-corrected chi connectivity index (χ3v) is 9.58. The fourth-order valence-electron chi connectivity index (χ4n) is 7.62. The number of rotatable bonds is 7. The molecule has 0 bridgehead atoms. The topological polar surface area (TPSA) is 212 Å². The molecular weight excluding hydrogens is 620 g/mol. The number of carbonyl (C=O) groups is 4. The third-order valence-electron chi connectivity index (χ3n) is 9.58. The van der Waals surface area contributed by atoms with E-state index in [-0.39, 0.29) is 42.3 Å². The molecule has 1 fully saturated rings. The Balaban J connectivity index is 1.60. The van der Waals surface area contributed by atoms with Crippen molar-refractivity contribution in [2.45, 2.75) is 70.4 Å². The monoisotopic (exact) mass is 664 g/mol. The SMILES string of the molecule is CCOc1ccc(-c2ccc(O)c3c2C[C@H]2C[C@H]4C(N(C)C)C(O)C(C(N)=O)C(=O)[C@@]4(O)C(O)=C2C3=O)cc1CNC(=O)NC(C)(C)C. The van der Waals surface area contributed by atoms with Crippen molar-refractivity contribution in [3.63, 3.8) is 0 Å². The normalized spacial score (nSPS) is 26.8. The first-order chi connectivity index (χ1) is 22.4. The first-order valence-electron chi connectivity index (χ1n) is 16.0. The number of nitrogens with two attached hydrogens (primary N) is 1. The van der Waals surface area contributed by atoms with Crippen molar-refractivity contribution in [1.29, 1.82) is 0 Å². The molecule has 3 aliphatic carbocycles. The van der Waals surface area contributed by atoms with Gasteiger partial charge in [-0.25, -0.2) is 4.79 Å². The van der Waals surface area contributed by atoms with E-state index in [0.29, 0.717) is 34.6 Å². The number of aromatic hydroxyl groups is 1. The van der Waals surface area contributed by atoms with Crippen LogP contribution >= 0.6 is 0 Å². The predicted octanol–water partition coefficient (Wildman–Crippen LogP) is 1.95. The van der Waals surface area contributed by atoms with Gasteiger partial charge in [0.1, 0.15) is 23.2 Å². The summed E-state index contributed by atoms with van der Waals surface area (Å²) >= 11 is 0. The number of allylic oxidation sites excluding steroid dienone is 1. The van der Waals surface area contributed by atoms with Crippen LogP contribution in [-0.4, -0.2) is 92.8 Å². The molecular formula is C35H44N4O9. The molecule has 0 aromatic heterocycles. The van der Waals surface area contributed by atoms with Crippen molar-refractivity contribution in [2.75, 3.05) is 20.7 Å². The number of phenolic OH excluding ortho intramolecular Hbond substituents is 1. The minimum atomic E-state index is -2.66. The van der Waals surface area contributed by atoms with E-state index in [1.807, 2.05) is 39.8 Å². The Morgan fingerprint density at radius 2 is 1.81 bits per heavy atom. The molecule has 3 unspecified atom stereocenters. The molecule has 2 aromatic carbocycles. The molecule has 1 saturated carbocycles. The fraction of sp³-hybridized carbons (Fsp3) is 0.486. The van der Waals surface area contributed by atoms with Crippen LogP contribution in [0.3, 0.4) is 0 Å². The highest BCUT2D eigenvalue weighted by Crippen LogP contribution is 2.53. The second-order valence-electron chi connectivity index (χ2n) is 14.1. The molecule has 5 rings (SSSR count). The van der Waals surface area contributed by atoms with Crippen LogP contribution in [0.4, 0.5) is 4.79 Å². The number of ether oxygens (including phenoxy) is 1. The first kappa shape index (κ1) is 34.9. The van der Waals surface area contributed by atoms with E-state index >= 15 is 0 Å². The number of ketones is 2. The summed E-state index contributed by atoms with van der Waals surface area (Å²) in [5, 5.41) is 51.3. The highest BCUT2D eigenvalue weighted by molar-refractivity contribution is 6.16. The van der Waals surface area contributed by atoms with Gasteiger partial charge >= 0.3 is 6.03 Å². The summed E-state index contributed by atoms with van der Waals surface area (Å²) in [5.74, 6) is -7.35. The maximum atomic E-state index is 14.2. The number of nitrogens with one attached hydrogen (secondary N) is 2. The Kier molecular flexibility index (Phi) is 9.10. The number of carbonyl (C=O) groups excluding carboxylic acids is 4. The molecule has 0 radical (unpaired) electrons. The molecule has 2 aromatic rings. The number of benzene rings is 2. The van der Waals surface area contributed by atoms with Crippen molar-refractivity contribution in [1.82, 2.24) is 15.5 Å². The number of urea groups is 1. The molecule has 48 heavy (non-hydrogen) atoms. The van der Waals surface area contributed by atoms with Gasteiger partial charge in [0.2, 0.25) is 5.91 Å². The number of aliphatic hydroxyl groups is 3. The largest absolute Gasteiger partial charge is 0.508 e. The molecule has 258 valence electrons. The molecule has 13 heteroatoms. The third kappa shape index (κ3) is 5.80. The maximum Gasteiger partial charge on any atom is 0.315 e. The molecule has 3 aliphatic rings. The number of phenols is 1. The van der Waals surface area contributed by atoms with Crippen LogP contribution in [0.1, 0.15) is 55.6 Å². The lowest BCUT2D eigenvalue weighted by molar-refractivity contribution is -0.178. The summed E-state index contributed by atoms with van der Waals surface area (Å²) < 4.78 is 5.82. The molecule has 0 aliphatic heterocycles. The van der Waals surface area contributed by atoms with E-state index < -0.39 is 64.3 Å². The Morgan fingerprint density at radius 1 is 1.12 bits per heavy atom. The number of primary amides is 1. The Labute approximate surface area is 278 Å². The zero-order chi connectivity index (χ0) is 35.5. The van der Waals surface area contributed by atoms with E-state index in [0.717, 1.165) is 0 Å². The second kappa shape index (κ2) is 12.5. The number of fused-ring (bicyclic) bond motifs is 3. The Bertz CT molecular complexity index is 1710. The Morgan fingerprint density at radius 3 is 2.42 bits per heavy atom. The number of nitrogens with zero attached hydrogens (tertiary/aromatic N) is 1. The lowest BCUT2D eigenvalue weighted by atomic mass is 9.55. The van der Waals surface area contributed by atoms with E-state index in [1.54, 1.807) is 31.1 Å². The average molecular weight is 665 g/mol. The van der Waals surface area contributed by atoms with Crippen LogP contribution in [0.2, 0.25) is 0 Å². The van der Waals surface area contributed by atoms with Gasteiger partial charge in [-0.3, -0.25) is 14.4 Å². The van der Waals surface area contributed by atoms with E-state index in [1.165, 1.54) is 6.07 Å². The molecule has 6 atom stereocenters. The average Bonchev–Trinajstić information content (AvgIpc) is 2.97. The van der Waals surface area contributed by atoms with E-state index in [9.17, 15) is 39.6 Å². The highest BCUT2D eigenvalue weighted by atomic mass is 16.5. The summed E-state index contributed by atoms with van der Waals surface area (Å²) in [6, 6.07) is 7.14. The van der Waals surface area contributed by atoms with Gasteiger partial charge in [-0.1, -0.05) is 12.1 Å². The molecule has 13 nitrogen and oxygen atoms in total. The number of amides is 3. The van der Waals surface area contributed by atoms with Crippen LogP contribution in [0.25, 0.3) is 11.1 Å². The zero-order valence-corrected chi connectivity index (χ0v) is 28.0. The first-order valence-corrected chi connectivity index (χ1v) is 16.0. The van der Waals surface area contributed by atoms with Crippen LogP contribution in [-0.2, 0) is 22.6 Å². The number of Topliss-reactive ketones (excluding diaryl/α,β-unsaturated/α-hetero) is 2. The van der Waals surface area contributed by atoms with Gasteiger partial charge in [0.15, 0.2) is 17.2 Å². The molecule has 0 spiro atoms. The van der Waals surface area contributed by atoms with Crippen LogP contribution in [0.15, 0.2) is 41.7 Å². The molecule has 8 N–H and O–H groups in total. The quantitative estimate of drug-likeness (QED) is 0.214. The highest BCUT2D eigenvalue weighted by Gasteiger charge is 2.66. The van der Waals surface area contributed by atoms with Gasteiger partial charge in [-0.05, 0) is 95.4 Å².